The highest BCUT2D eigenvalue weighted by Crippen LogP contribution is 2.40. The predicted octanol–water partition coefficient (Wildman–Crippen LogP) is 6.77. The Morgan fingerprint density at radius 2 is 1.57 bits per heavy atom. The zero-order valence-electron chi connectivity index (χ0n) is 15.5. The van der Waals surface area contributed by atoms with Crippen molar-refractivity contribution >= 4 is 34.7 Å². The Kier molecular flexibility index (Phi) is 5.01. The van der Waals surface area contributed by atoms with Gasteiger partial charge in [0.05, 0.1) is 6.04 Å². The largest absolute Gasteiger partial charge is 0.323 e. The summed E-state index contributed by atoms with van der Waals surface area (Å²) in [4.78, 5) is 15.2. The fourth-order valence-electron chi connectivity index (χ4n) is 3.64. The van der Waals surface area contributed by atoms with Gasteiger partial charge >= 0.3 is 0 Å². The standard InChI is InChI=1S/C24H19Cl2NO/c1-15(2)18-7-12-21-22(13-18)24(28)27(14-16-3-8-19(25)9-4-16)23(21)17-5-10-20(26)11-6-17/h3-13,23H,1,14H2,2H3. The van der Waals surface area contributed by atoms with Crippen LogP contribution < -0.4 is 0 Å². The molecule has 140 valence electrons. The molecule has 1 atom stereocenters. The second kappa shape index (κ2) is 7.46. The smallest absolute Gasteiger partial charge is 0.255 e. The van der Waals surface area contributed by atoms with Gasteiger partial charge in [0, 0.05) is 22.2 Å². The highest BCUT2D eigenvalue weighted by atomic mass is 35.5. The summed E-state index contributed by atoms with van der Waals surface area (Å²) < 4.78 is 0. The van der Waals surface area contributed by atoms with Gasteiger partial charge in [0.1, 0.15) is 0 Å². The third-order valence-corrected chi connectivity index (χ3v) is 5.60. The number of halogens is 2. The molecule has 3 aromatic rings. The molecule has 1 unspecified atom stereocenters. The number of amides is 1. The molecule has 0 spiro atoms. The van der Waals surface area contributed by atoms with Crippen molar-refractivity contribution in [3.05, 3.63) is 111 Å². The van der Waals surface area contributed by atoms with Crippen LogP contribution in [0.5, 0.6) is 0 Å². The molecule has 0 saturated heterocycles. The van der Waals surface area contributed by atoms with Crippen molar-refractivity contribution in [2.75, 3.05) is 0 Å². The van der Waals surface area contributed by atoms with Gasteiger partial charge in [0.25, 0.3) is 5.91 Å². The number of carbonyl (C=O) groups excluding carboxylic acids is 1. The molecule has 0 aliphatic carbocycles. The summed E-state index contributed by atoms with van der Waals surface area (Å²) in [5.41, 5.74) is 5.73. The SMILES string of the molecule is C=C(C)c1ccc2c(c1)C(=O)N(Cc1ccc(Cl)cc1)C2c1ccc(Cl)cc1. The Hall–Kier alpha value is -2.55. The molecule has 1 aliphatic heterocycles. The number of fused-ring (bicyclic) bond motifs is 1. The first kappa shape index (κ1) is 18.8. The monoisotopic (exact) mass is 407 g/mol. The van der Waals surface area contributed by atoms with Crippen molar-refractivity contribution in [2.45, 2.75) is 19.5 Å². The number of allylic oxidation sites excluding steroid dienone is 1. The Labute approximate surface area is 175 Å². The minimum Gasteiger partial charge on any atom is -0.323 e. The van der Waals surface area contributed by atoms with Crippen LogP contribution in [0.4, 0.5) is 0 Å². The van der Waals surface area contributed by atoms with Gasteiger partial charge in [-0.2, -0.15) is 0 Å². The van der Waals surface area contributed by atoms with Gasteiger partial charge in [-0.1, -0.05) is 71.8 Å². The second-order valence-electron chi connectivity index (χ2n) is 7.10. The van der Waals surface area contributed by atoms with E-state index in [4.69, 9.17) is 23.2 Å². The van der Waals surface area contributed by atoms with Crippen LogP contribution in [0, 0.1) is 0 Å². The first-order valence-corrected chi connectivity index (χ1v) is 9.80. The minimum atomic E-state index is -0.158. The average Bonchev–Trinajstić information content (AvgIpc) is 2.96. The first-order valence-electron chi connectivity index (χ1n) is 9.05. The van der Waals surface area contributed by atoms with E-state index in [9.17, 15) is 4.79 Å². The Morgan fingerprint density at radius 1 is 0.964 bits per heavy atom. The molecule has 0 N–H and O–H groups in total. The van der Waals surface area contributed by atoms with Crippen molar-refractivity contribution in [3.63, 3.8) is 0 Å². The van der Waals surface area contributed by atoms with Crippen LogP contribution in [0.25, 0.3) is 5.57 Å². The molecule has 28 heavy (non-hydrogen) atoms. The van der Waals surface area contributed by atoms with E-state index >= 15 is 0 Å². The van der Waals surface area contributed by atoms with Gasteiger partial charge < -0.3 is 4.90 Å². The fourth-order valence-corrected chi connectivity index (χ4v) is 3.89. The topological polar surface area (TPSA) is 20.3 Å². The highest BCUT2D eigenvalue weighted by molar-refractivity contribution is 6.30. The number of hydrogen-bond donors (Lipinski definition) is 0. The van der Waals surface area contributed by atoms with Gasteiger partial charge in [-0.3, -0.25) is 4.79 Å². The summed E-state index contributed by atoms with van der Waals surface area (Å²) in [7, 11) is 0. The maximum atomic E-state index is 13.3. The summed E-state index contributed by atoms with van der Waals surface area (Å²) in [5.74, 6) is 0.0213. The van der Waals surface area contributed by atoms with Crippen LogP contribution in [-0.4, -0.2) is 10.8 Å². The lowest BCUT2D eigenvalue weighted by molar-refractivity contribution is 0.0736. The van der Waals surface area contributed by atoms with Gasteiger partial charge in [0.15, 0.2) is 0 Å². The quantitative estimate of drug-likeness (QED) is 0.466. The van der Waals surface area contributed by atoms with Gasteiger partial charge in [0.2, 0.25) is 0 Å². The van der Waals surface area contributed by atoms with Crippen LogP contribution in [0.1, 0.15) is 45.6 Å². The van der Waals surface area contributed by atoms with E-state index in [2.05, 4.69) is 6.58 Å². The molecule has 1 aliphatic rings. The zero-order chi connectivity index (χ0) is 19.8. The molecule has 3 aromatic carbocycles. The molecule has 0 radical (unpaired) electrons. The van der Waals surface area contributed by atoms with Crippen molar-refractivity contribution in [2.24, 2.45) is 0 Å². The molecule has 0 aromatic heterocycles. The molecule has 4 rings (SSSR count). The number of carbonyl (C=O) groups is 1. The van der Waals surface area contributed by atoms with Crippen molar-refractivity contribution in [1.82, 2.24) is 4.90 Å². The third kappa shape index (κ3) is 3.46. The third-order valence-electron chi connectivity index (χ3n) is 5.10. The molecule has 2 nitrogen and oxygen atoms in total. The fraction of sp³-hybridized carbons (Fsp3) is 0.125. The summed E-state index contributed by atoms with van der Waals surface area (Å²) in [6.07, 6.45) is 0. The van der Waals surface area contributed by atoms with Crippen LogP contribution in [0.15, 0.2) is 73.3 Å². The normalized spacial score (nSPS) is 15.6. The van der Waals surface area contributed by atoms with E-state index in [0.29, 0.717) is 16.6 Å². The summed E-state index contributed by atoms with van der Waals surface area (Å²) in [5, 5.41) is 1.36. The molecule has 4 heteroatoms. The van der Waals surface area contributed by atoms with Crippen molar-refractivity contribution in [1.29, 1.82) is 0 Å². The number of rotatable bonds is 4. The van der Waals surface area contributed by atoms with Crippen LogP contribution in [0.3, 0.4) is 0 Å². The Morgan fingerprint density at radius 3 is 2.18 bits per heavy atom. The number of hydrogen-bond acceptors (Lipinski definition) is 1. The Bertz CT molecular complexity index is 1050. The molecule has 0 bridgehead atoms. The van der Waals surface area contributed by atoms with Gasteiger partial charge in [-0.15, -0.1) is 0 Å². The van der Waals surface area contributed by atoms with Crippen molar-refractivity contribution in [3.8, 4) is 0 Å². The van der Waals surface area contributed by atoms with E-state index in [-0.39, 0.29) is 11.9 Å². The molecule has 1 amide bonds. The maximum Gasteiger partial charge on any atom is 0.255 e. The molecule has 0 saturated carbocycles. The lowest BCUT2D eigenvalue weighted by Crippen LogP contribution is -2.28. The van der Waals surface area contributed by atoms with E-state index in [1.165, 1.54) is 0 Å². The van der Waals surface area contributed by atoms with Crippen LogP contribution in [0.2, 0.25) is 10.0 Å². The molecule has 0 fully saturated rings. The van der Waals surface area contributed by atoms with Crippen molar-refractivity contribution < 1.29 is 4.79 Å². The maximum absolute atomic E-state index is 13.3. The summed E-state index contributed by atoms with van der Waals surface area (Å²) in [6.45, 7) is 6.45. The first-order chi connectivity index (χ1) is 13.4. The second-order valence-corrected chi connectivity index (χ2v) is 7.97. The van der Waals surface area contributed by atoms with Gasteiger partial charge in [-0.05, 0) is 59.5 Å². The van der Waals surface area contributed by atoms with E-state index < -0.39 is 0 Å². The average molecular weight is 408 g/mol. The van der Waals surface area contributed by atoms with Crippen LogP contribution in [-0.2, 0) is 6.54 Å². The number of benzene rings is 3. The Balaban J connectivity index is 1.80. The van der Waals surface area contributed by atoms with E-state index in [1.54, 1.807) is 0 Å². The predicted molar refractivity (Wildman–Crippen MR) is 116 cm³/mol. The highest BCUT2D eigenvalue weighted by Gasteiger charge is 2.37. The van der Waals surface area contributed by atoms with Crippen LogP contribution >= 0.6 is 23.2 Å². The lowest BCUT2D eigenvalue weighted by Gasteiger charge is -2.26. The summed E-state index contributed by atoms with van der Waals surface area (Å²) in [6, 6.07) is 21.2. The minimum absolute atomic E-state index is 0.0213. The van der Waals surface area contributed by atoms with E-state index in [1.807, 2.05) is 78.6 Å². The molecular weight excluding hydrogens is 389 g/mol. The lowest BCUT2D eigenvalue weighted by atomic mass is 9.95. The molecular formula is C24H19Cl2NO. The van der Waals surface area contributed by atoms with Gasteiger partial charge in [-0.25, -0.2) is 0 Å². The summed E-state index contributed by atoms with van der Waals surface area (Å²) >= 11 is 12.1. The zero-order valence-corrected chi connectivity index (χ0v) is 17.0. The number of nitrogens with zero attached hydrogens (tertiary/aromatic N) is 1. The molecule has 1 heterocycles. The van der Waals surface area contributed by atoms with E-state index in [0.717, 1.165) is 33.4 Å².